The van der Waals surface area contributed by atoms with Crippen LogP contribution in [0.4, 0.5) is 0 Å². The summed E-state index contributed by atoms with van der Waals surface area (Å²) in [5.74, 6) is -2.30. The number of nitrogens with zero attached hydrogens (tertiary/aromatic N) is 4. The number of hydrogen-bond acceptors (Lipinski definition) is 6. The molecule has 10 heteroatoms. The number of hydrogen-bond donors (Lipinski definition) is 1. The number of imide groups is 1. The Balaban J connectivity index is 1.81. The van der Waals surface area contributed by atoms with Crippen molar-refractivity contribution in [2.24, 2.45) is 11.2 Å². The van der Waals surface area contributed by atoms with Crippen LogP contribution in [0, 0.1) is 11.1 Å². The fourth-order valence-corrected chi connectivity index (χ4v) is 2.05. The Morgan fingerprint density at radius 2 is 2.10 bits per heavy atom. The minimum Gasteiger partial charge on any atom is -0.569 e. The second-order valence-corrected chi connectivity index (χ2v) is 4.54. The predicted molar refractivity (Wildman–Crippen MR) is 60.4 cm³/mol. The molecule has 2 aliphatic heterocycles. The Bertz CT molecular complexity index is 449. The zero-order chi connectivity index (χ0) is 14.7. The van der Waals surface area contributed by atoms with Crippen molar-refractivity contribution in [3.05, 3.63) is 5.21 Å². The van der Waals surface area contributed by atoms with Gasteiger partial charge in [-0.15, -0.1) is 5.01 Å². The van der Waals surface area contributed by atoms with E-state index in [1.807, 2.05) is 0 Å². The first-order valence-corrected chi connectivity index (χ1v) is 6.10. The summed E-state index contributed by atoms with van der Waals surface area (Å²) in [5.41, 5.74) is 0. The number of carboxylic acid groups (broad SMARTS) is 1. The van der Waals surface area contributed by atoms with Crippen molar-refractivity contribution in [1.29, 1.82) is 0 Å². The van der Waals surface area contributed by atoms with Crippen LogP contribution in [0.1, 0.15) is 19.3 Å². The Labute approximate surface area is 113 Å². The third-order valence-electron chi connectivity index (χ3n) is 3.23. The lowest BCUT2D eigenvalue weighted by molar-refractivity contribution is -0.708. The van der Waals surface area contributed by atoms with Crippen LogP contribution in [0.15, 0.2) is 5.28 Å². The second kappa shape index (κ2) is 5.72. The molecule has 2 rings (SSSR count). The number of carbonyl (C=O) groups is 3. The quantitative estimate of drug-likeness (QED) is 0.307. The molecule has 0 spiro atoms. The molecule has 2 heterocycles. The molecule has 1 unspecified atom stereocenters. The molecule has 0 aromatic heterocycles. The molecule has 110 valence electrons. The molecule has 1 atom stereocenters. The van der Waals surface area contributed by atoms with Crippen molar-refractivity contribution in [2.45, 2.75) is 19.3 Å². The van der Waals surface area contributed by atoms with E-state index in [-0.39, 0.29) is 42.7 Å². The van der Waals surface area contributed by atoms with Gasteiger partial charge in [-0.3, -0.25) is 14.4 Å². The van der Waals surface area contributed by atoms with Crippen molar-refractivity contribution < 1.29 is 29.3 Å². The lowest BCUT2D eigenvalue weighted by Crippen LogP contribution is -2.32. The molecule has 2 fully saturated rings. The average Bonchev–Trinajstić information content (AvgIpc) is 3.00. The van der Waals surface area contributed by atoms with Crippen LogP contribution in [0.5, 0.6) is 0 Å². The van der Waals surface area contributed by atoms with Crippen LogP contribution in [0.25, 0.3) is 0 Å². The highest BCUT2D eigenvalue weighted by atomic mass is 16.7. The van der Waals surface area contributed by atoms with Gasteiger partial charge in [0, 0.05) is 12.8 Å². The number of aliphatic carboxylic acids is 1. The molecule has 0 bridgehead atoms. The van der Waals surface area contributed by atoms with Gasteiger partial charge in [-0.1, -0.05) is 0 Å². The fourth-order valence-electron chi connectivity index (χ4n) is 2.05. The second-order valence-electron chi connectivity index (χ2n) is 4.54. The van der Waals surface area contributed by atoms with Gasteiger partial charge in [0.25, 0.3) is 0 Å². The van der Waals surface area contributed by atoms with E-state index in [2.05, 4.69) is 10.1 Å². The first-order chi connectivity index (χ1) is 9.49. The maximum atomic E-state index is 11.5. The summed E-state index contributed by atoms with van der Waals surface area (Å²) in [6.45, 7) is -0.102. The zero-order valence-electron chi connectivity index (χ0n) is 10.6. The van der Waals surface area contributed by atoms with Gasteiger partial charge >= 0.3 is 5.97 Å². The monoisotopic (exact) mass is 286 g/mol. The summed E-state index contributed by atoms with van der Waals surface area (Å²) < 4.78 is 0. The minimum absolute atomic E-state index is 0.0489. The van der Waals surface area contributed by atoms with Gasteiger partial charge < -0.3 is 15.2 Å². The van der Waals surface area contributed by atoms with Crippen LogP contribution in [-0.4, -0.2) is 57.6 Å². The summed E-state index contributed by atoms with van der Waals surface area (Å²) in [7, 11) is 0. The molecular formula is C10H14N4O6. The molecule has 2 aliphatic rings. The summed E-state index contributed by atoms with van der Waals surface area (Å²) in [6.07, 6.45) is 0.623. The van der Waals surface area contributed by atoms with Crippen molar-refractivity contribution in [3.8, 4) is 0 Å². The fraction of sp³-hybridized carbons (Fsp3) is 0.700. The number of hydrazine groups is 1. The molecule has 0 saturated carbocycles. The van der Waals surface area contributed by atoms with E-state index in [1.165, 1.54) is 5.01 Å². The van der Waals surface area contributed by atoms with E-state index in [0.29, 0.717) is 6.42 Å². The Hall–Kier alpha value is -2.39. The number of rotatable bonds is 5. The van der Waals surface area contributed by atoms with Crippen molar-refractivity contribution >= 4 is 17.8 Å². The van der Waals surface area contributed by atoms with Crippen molar-refractivity contribution in [1.82, 2.24) is 9.91 Å². The zero-order valence-corrected chi connectivity index (χ0v) is 10.6. The third-order valence-corrected chi connectivity index (χ3v) is 3.23. The van der Waals surface area contributed by atoms with E-state index < -0.39 is 18.6 Å². The van der Waals surface area contributed by atoms with Gasteiger partial charge in [-0.25, -0.2) is 4.90 Å². The summed E-state index contributed by atoms with van der Waals surface area (Å²) in [6, 6.07) is 0. The van der Waals surface area contributed by atoms with Gasteiger partial charge in [0.05, 0.1) is 24.0 Å². The molecular weight excluding hydrogens is 272 g/mol. The number of amides is 2. The highest BCUT2D eigenvalue weighted by molar-refractivity contribution is 6.01. The average molecular weight is 286 g/mol. The van der Waals surface area contributed by atoms with E-state index in [9.17, 15) is 19.6 Å². The Morgan fingerprint density at radius 3 is 2.65 bits per heavy atom. The van der Waals surface area contributed by atoms with Crippen molar-refractivity contribution in [3.63, 3.8) is 0 Å². The Kier molecular flexibility index (Phi) is 4.01. The molecule has 2 amide bonds. The highest BCUT2D eigenvalue weighted by Crippen LogP contribution is 2.16. The maximum Gasteiger partial charge on any atom is 0.308 e. The van der Waals surface area contributed by atoms with Crippen molar-refractivity contribution in [2.75, 3.05) is 19.8 Å². The number of carbonyl (C=O) groups excluding carboxylic acids is 2. The summed E-state index contributed by atoms with van der Waals surface area (Å²) in [4.78, 5) is 38.9. The minimum atomic E-state index is -0.963. The first-order valence-electron chi connectivity index (χ1n) is 6.10. The largest absolute Gasteiger partial charge is 0.569 e. The molecule has 1 N–H and O–H groups in total. The van der Waals surface area contributed by atoms with Crippen LogP contribution in [-0.2, 0) is 19.2 Å². The topological polar surface area (TPSA) is 126 Å². The third kappa shape index (κ3) is 2.95. The lowest BCUT2D eigenvalue weighted by atomic mass is 10.1. The van der Waals surface area contributed by atoms with Gasteiger partial charge in [-0.05, 0) is 6.42 Å². The summed E-state index contributed by atoms with van der Waals surface area (Å²) >= 11 is 0. The molecule has 20 heavy (non-hydrogen) atoms. The standard InChI is InChI=1S/C10H14N4O6/c15-8-1-2-9(16)13(8)6-20-11-14(19)12-4-3-7(5-12)10(17)18/h7H,1-6H2,(H,17,18). The first kappa shape index (κ1) is 14.0. The molecule has 0 radical (unpaired) electrons. The lowest BCUT2D eigenvalue weighted by Gasteiger charge is -2.13. The van der Waals surface area contributed by atoms with Crippen LogP contribution in [0.3, 0.4) is 0 Å². The van der Waals surface area contributed by atoms with Crippen LogP contribution in [0.2, 0.25) is 0 Å². The van der Waals surface area contributed by atoms with E-state index in [4.69, 9.17) is 5.11 Å². The molecule has 0 aromatic rings. The number of carboxylic acids is 1. The number of likely N-dealkylation sites (tertiary alicyclic amines) is 1. The van der Waals surface area contributed by atoms with Crippen LogP contribution < -0.4 is 0 Å². The molecule has 2 saturated heterocycles. The van der Waals surface area contributed by atoms with Gasteiger partial charge in [-0.2, -0.15) is 0 Å². The SMILES string of the molecule is O=C(O)C1CCN([N+]([O-])=NOCN2C(=O)CCC2=O)C1. The maximum absolute atomic E-state index is 11.5. The van der Waals surface area contributed by atoms with Gasteiger partial charge in [0.15, 0.2) is 0 Å². The summed E-state index contributed by atoms with van der Waals surface area (Å²) in [5, 5.41) is 24.7. The van der Waals surface area contributed by atoms with E-state index in [0.717, 1.165) is 4.90 Å². The molecule has 0 aromatic carbocycles. The predicted octanol–water partition coefficient (Wildman–Crippen LogP) is -0.692. The highest BCUT2D eigenvalue weighted by Gasteiger charge is 2.33. The smallest absolute Gasteiger partial charge is 0.308 e. The molecule has 0 aliphatic carbocycles. The van der Waals surface area contributed by atoms with Gasteiger partial charge in [0.1, 0.15) is 0 Å². The normalized spacial score (nSPS) is 23.6. The van der Waals surface area contributed by atoms with E-state index in [1.54, 1.807) is 0 Å². The van der Waals surface area contributed by atoms with Gasteiger partial charge in [0.2, 0.25) is 23.8 Å². The van der Waals surface area contributed by atoms with E-state index >= 15 is 0 Å². The van der Waals surface area contributed by atoms with Crippen LogP contribution >= 0.6 is 0 Å². The molecule has 10 nitrogen and oxygen atoms in total. The Morgan fingerprint density at radius 1 is 1.45 bits per heavy atom.